The highest BCUT2D eigenvalue weighted by atomic mass is 16.2. The van der Waals surface area contributed by atoms with Crippen LogP contribution in [0.4, 0.5) is 0 Å². The summed E-state index contributed by atoms with van der Waals surface area (Å²) in [5.41, 5.74) is 5.16. The van der Waals surface area contributed by atoms with Gasteiger partial charge in [0.05, 0.1) is 5.92 Å². The Balaban J connectivity index is 1.78. The Hall–Kier alpha value is -2.07. The van der Waals surface area contributed by atoms with Gasteiger partial charge < -0.3 is 10.3 Å². The number of rotatable bonds is 6. The summed E-state index contributed by atoms with van der Waals surface area (Å²) in [7, 11) is 0. The van der Waals surface area contributed by atoms with Crippen molar-refractivity contribution in [2.75, 3.05) is 13.1 Å². The zero-order chi connectivity index (χ0) is 19.9. The van der Waals surface area contributed by atoms with Crippen LogP contribution in [0.25, 0.3) is 16.5 Å². The molecule has 0 bridgehead atoms. The van der Waals surface area contributed by atoms with Crippen LogP contribution in [0.3, 0.4) is 0 Å². The summed E-state index contributed by atoms with van der Waals surface area (Å²) in [4.78, 5) is 19.1. The fraction of sp³-hybridized carbons (Fsp3) is 0.542. The largest absolute Gasteiger partial charge is 0.361 e. The number of nitrogens with zero attached hydrogens (tertiary/aromatic N) is 1. The van der Waals surface area contributed by atoms with Crippen LogP contribution in [-0.2, 0) is 11.2 Å². The van der Waals surface area contributed by atoms with Crippen molar-refractivity contribution in [1.82, 2.24) is 15.2 Å². The van der Waals surface area contributed by atoms with E-state index in [9.17, 15) is 4.79 Å². The highest BCUT2D eigenvalue weighted by Gasteiger charge is 2.45. The molecule has 0 spiro atoms. The molecule has 4 heteroatoms. The molecule has 1 aliphatic heterocycles. The molecule has 1 aliphatic carbocycles. The zero-order valence-corrected chi connectivity index (χ0v) is 17.6. The molecule has 2 aliphatic rings. The van der Waals surface area contributed by atoms with Gasteiger partial charge >= 0.3 is 0 Å². The first-order valence-corrected chi connectivity index (χ1v) is 10.9. The Morgan fingerprint density at radius 2 is 2.11 bits per heavy atom. The number of hydrogen-bond donors (Lipinski definition) is 2. The third kappa shape index (κ3) is 2.98. The second kappa shape index (κ2) is 7.40. The summed E-state index contributed by atoms with van der Waals surface area (Å²) in [5.74, 6) is 0.0855. The van der Waals surface area contributed by atoms with Crippen LogP contribution in [0.5, 0.6) is 0 Å². The standard InChI is InChI=1S/C24H33N3O/c1-5-11-27-15-16(23(28)26-18(6-2)7-3)12-20-19-9-8-10-21-22(19)17(14-25-21)13-24(20,27)4/h8-10,12,14,16,18,25H,5-7,11,13,15H2,1-4H3,(H,26,28)/t16-,24?/m1/s1. The molecule has 1 aromatic carbocycles. The van der Waals surface area contributed by atoms with Gasteiger partial charge in [-0.3, -0.25) is 9.69 Å². The first kappa shape index (κ1) is 19.3. The molecule has 28 heavy (non-hydrogen) atoms. The van der Waals surface area contributed by atoms with E-state index in [0.717, 1.165) is 38.8 Å². The summed E-state index contributed by atoms with van der Waals surface area (Å²) in [5, 5.41) is 4.62. The Labute approximate surface area is 168 Å². The maximum Gasteiger partial charge on any atom is 0.228 e. The molecule has 0 saturated carbocycles. The minimum Gasteiger partial charge on any atom is -0.361 e. The predicted molar refractivity (Wildman–Crippen MR) is 116 cm³/mol. The molecule has 0 radical (unpaired) electrons. The van der Waals surface area contributed by atoms with Crippen molar-refractivity contribution in [3.05, 3.63) is 41.6 Å². The van der Waals surface area contributed by atoms with E-state index in [0.29, 0.717) is 0 Å². The van der Waals surface area contributed by atoms with E-state index in [2.05, 4.69) is 73.4 Å². The van der Waals surface area contributed by atoms with E-state index in [1.807, 2.05) is 0 Å². The van der Waals surface area contributed by atoms with Gasteiger partial charge in [-0.2, -0.15) is 0 Å². The van der Waals surface area contributed by atoms with Crippen molar-refractivity contribution in [3.8, 4) is 0 Å². The first-order chi connectivity index (χ1) is 13.5. The lowest BCUT2D eigenvalue weighted by molar-refractivity contribution is -0.125. The van der Waals surface area contributed by atoms with Crippen LogP contribution < -0.4 is 5.32 Å². The Bertz CT molecular complexity index is 908. The van der Waals surface area contributed by atoms with Gasteiger partial charge in [0.2, 0.25) is 5.91 Å². The first-order valence-electron chi connectivity index (χ1n) is 10.9. The number of benzene rings is 1. The summed E-state index contributed by atoms with van der Waals surface area (Å²) in [6.45, 7) is 10.7. The monoisotopic (exact) mass is 379 g/mol. The molecular formula is C24H33N3O. The topological polar surface area (TPSA) is 48.1 Å². The Kier molecular flexibility index (Phi) is 5.09. The van der Waals surface area contributed by atoms with Gasteiger partial charge in [-0.1, -0.05) is 39.0 Å². The Morgan fingerprint density at radius 1 is 1.32 bits per heavy atom. The number of H-pyrrole nitrogens is 1. The molecule has 2 atom stereocenters. The highest BCUT2D eigenvalue weighted by Crippen LogP contribution is 2.47. The third-order valence-electron chi connectivity index (χ3n) is 6.84. The van der Waals surface area contributed by atoms with E-state index in [1.165, 1.54) is 27.6 Å². The van der Waals surface area contributed by atoms with E-state index in [-0.39, 0.29) is 23.4 Å². The normalized spacial score (nSPS) is 24.3. The van der Waals surface area contributed by atoms with E-state index >= 15 is 0 Å². The lowest BCUT2D eigenvalue weighted by Gasteiger charge is -2.50. The quantitative estimate of drug-likeness (QED) is 0.776. The average Bonchev–Trinajstić information content (AvgIpc) is 3.10. The molecule has 1 amide bonds. The van der Waals surface area contributed by atoms with Gasteiger partial charge in [0, 0.05) is 35.2 Å². The van der Waals surface area contributed by atoms with E-state index in [4.69, 9.17) is 0 Å². The molecule has 4 rings (SSSR count). The molecule has 2 heterocycles. The van der Waals surface area contributed by atoms with Gasteiger partial charge in [0.25, 0.3) is 0 Å². The molecular weight excluding hydrogens is 346 g/mol. The smallest absolute Gasteiger partial charge is 0.228 e. The molecule has 0 saturated heterocycles. The third-order valence-corrected chi connectivity index (χ3v) is 6.84. The second-order valence-corrected chi connectivity index (χ2v) is 8.65. The van der Waals surface area contributed by atoms with Crippen molar-refractivity contribution in [2.45, 2.75) is 65.0 Å². The van der Waals surface area contributed by atoms with Crippen molar-refractivity contribution >= 4 is 22.4 Å². The van der Waals surface area contributed by atoms with Crippen LogP contribution in [0, 0.1) is 5.92 Å². The molecule has 150 valence electrons. The number of aromatic nitrogens is 1. The summed E-state index contributed by atoms with van der Waals surface area (Å²) < 4.78 is 0. The fourth-order valence-corrected chi connectivity index (χ4v) is 5.19. The summed E-state index contributed by atoms with van der Waals surface area (Å²) in [6.07, 6.45) is 8.49. The summed E-state index contributed by atoms with van der Waals surface area (Å²) >= 11 is 0. The van der Waals surface area contributed by atoms with Crippen LogP contribution in [0.2, 0.25) is 0 Å². The molecule has 1 unspecified atom stereocenters. The second-order valence-electron chi connectivity index (χ2n) is 8.65. The van der Waals surface area contributed by atoms with Gasteiger partial charge in [0.1, 0.15) is 0 Å². The number of hydrogen-bond acceptors (Lipinski definition) is 2. The minimum atomic E-state index is -0.0917. The number of carbonyl (C=O) groups is 1. The minimum absolute atomic E-state index is 0.0504. The van der Waals surface area contributed by atoms with Crippen LogP contribution >= 0.6 is 0 Å². The molecule has 1 aromatic heterocycles. The summed E-state index contributed by atoms with van der Waals surface area (Å²) in [6, 6.07) is 6.77. The molecule has 0 fully saturated rings. The van der Waals surface area contributed by atoms with Gasteiger partial charge in [-0.25, -0.2) is 0 Å². The van der Waals surface area contributed by atoms with Crippen molar-refractivity contribution < 1.29 is 4.79 Å². The molecule has 2 N–H and O–H groups in total. The maximum absolute atomic E-state index is 13.1. The molecule has 4 nitrogen and oxygen atoms in total. The molecule has 2 aromatic rings. The van der Waals surface area contributed by atoms with Gasteiger partial charge in [-0.05, 0) is 61.9 Å². The fourth-order valence-electron chi connectivity index (χ4n) is 5.19. The number of nitrogens with one attached hydrogen (secondary N) is 2. The number of carbonyl (C=O) groups excluding carboxylic acids is 1. The SMILES string of the molecule is CCCN1C[C@H](C(=O)NC(CC)CC)C=C2c3cccc4[nH]cc(c34)CC21C. The van der Waals surface area contributed by atoms with Gasteiger partial charge in [0.15, 0.2) is 0 Å². The predicted octanol–water partition coefficient (Wildman–Crippen LogP) is 4.51. The number of amides is 1. The average molecular weight is 380 g/mol. The van der Waals surface area contributed by atoms with E-state index < -0.39 is 0 Å². The van der Waals surface area contributed by atoms with Gasteiger partial charge in [-0.15, -0.1) is 0 Å². The maximum atomic E-state index is 13.1. The zero-order valence-electron chi connectivity index (χ0n) is 17.6. The highest BCUT2D eigenvalue weighted by molar-refractivity contribution is 6.00. The number of fused-ring (bicyclic) bond motifs is 2. The van der Waals surface area contributed by atoms with E-state index in [1.54, 1.807) is 0 Å². The van der Waals surface area contributed by atoms with Crippen molar-refractivity contribution in [1.29, 1.82) is 0 Å². The lowest BCUT2D eigenvalue weighted by Crippen LogP contribution is -2.56. The lowest BCUT2D eigenvalue weighted by atomic mass is 9.71. The van der Waals surface area contributed by atoms with Crippen LogP contribution in [-0.4, -0.2) is 40.5 Å². The number of aromatic amines is 1. The van der Waals surface area contributed by atoms with Crippen molar-refractivity contribution in [2.24, 2.45) is 5.92 Å². The van der Waals surface area contributed by atoms with Crippen LogP contribution in [0.15, 0.2) is 30.5 Å². The van der Waals surface area contributed by atoms with Crippen LogP contribution in [0.1, 0.15) is 58.1 Å². The van der Waals surface area contributed by atoms with Crippen molar-refractivity contribution in [3.63, 3.8) is 0 Å². The Morgan fingerprint density at radius 3 is 2.82 bits per heavy atom.